The topological polar surface area (TPSA) is 56.0 Å². The third-order valence-electron chi connectivity index (χ3n) is 2.48. The van der Waals surface area contributed by atoms with E-state index in [4.69, 9.17) is 5.73 Å². The molecule has 1 aromatic carbocycles. The standard InChI is InChI=1S/C13H11FN2O/c14-11-8-16-7-6-10(11)13(17)12(15)9-4-2-1-3-5-9/h1-8,12H,15H2. The van der Waals surface area contributed by atoms with Crippen molar-refractivity contribution in [2.24, 2.45) is 5.73 Å². The van der Waals surface area contributed by atoms with Crippen LogP contribution in [0.25, 0.3) is 0 Å². The van der Waals surface area contributed by atoms with Gasteiger partial charge in [0.25, 0.3) is 0 Å². The Morgan fingerprint density at radius 1 is 1.24 bits per heavy atom. The molecule has 0 saturated carbocycles. The van der Waals surface area contributed by atoms with E-state index in [0.29, 0.717) is 5.56 Å². The van der Waals surface area contributed by atoms with Crippen LogP contribution in [-0.4, -0.2) is 10.8 Å². The van der Waals surface area contributed by atoms with Crippen molar-refractivity contribution >= 4 is 5.78 Å². The van der Waals surface area contributed by atoms with E-state index < -0.39 is 17.6 Å². The summed E-state index contributed by atoms with van der Waals surface area (Å²) in [4.78, 5) is 15.6. The summed E-state index contributed by atoms with van der Waals surface area (Å²) in [6.07, 6.45) is 2.37. The minimum absolute atomic E-state index is 0.0312. The predicted octanol–water partition coefficient (Wildman–Crippen LogP) is 2.10. The molecule has 0 amide bonds. The first-order valence-corrected chi connectivity index (χ1v) is 5.14. The Bertz CT molecular complexity index is 528. The fourth-order valence-corrected chi connectivity index (χ4v) is 1.55. The zero-order valence-electron chi connectivity index (χ0n) is 9.01. The molecular formula is C13H11FN2O. The van der Waals surface area contributed by atoms with Crippen LogP contribution in [0.15, 0.2) is 48.8 Å². The molecule has 0 aliphatic heterocycles. The molecule has 0 radical (unpaired) electrons. The van der Waals surface area contributed by atoms with Gasteiger partial charge in [0.1, 0.15) is 0 Å². The molecule has 0 bridgehead atoms. The van der Waals surface area contributed by atoms with Gasteiger partial charge in [-0.3, -0.25) is 9.78 Å². The third-order valence-corrected chi connectivity index (χ3v) is 2.48. The lowest BCUT2D eigenvalue weighted by atomic mass is 9.99. The maximum absolute atomic E-state index is 13.4. The summed E-state index contributed by atoms with van der Waals surface area (Å²) in [7, 11) is 0. The molecular weight excluding hydrogens is 219 g/mol. The Morgan fingerprint density at radius 3 is 2.59 bits per heavy atom. The Hall–Kier alpha value is -2.07. The number of rotatable bonds is 3. The first kappa shape index (κ1) is 11.4. The molecule has 1 heterocycles. The quantitative estimate of drug-likeness (QED) is 0.821. The molecule has 1 aromatic heterocycles. The molecule has 3 nitrogen and oxygen atoms in total. The highest BCUT2D eigenvalue weighted by Crippen LogP contribution is 2.17. The fraction of sp³-hybridized carbons (Fsp3) is 0.0769. The van der Waals surface area contributed by atoms with Gasteiger partial charge in [-0.1, -0.05) is 30.3 Å². The van der Waals surface area contributed by atoms with E-state index in [1.165, 1.54) is 12.3 Å². The summed E-state index contributed by atoms with van der Waals surface area (Å²) in [6, 6.07) is 9.35. The summed E-state index contributed by atoms with van der Waals surface area (Å²) < 4.78 is 13.4. The van der Waals surface area contributed by atoms with E-state index in [1.807, 2.05) is 6.07 Å². The van der Waals surface area contributed by atoms with Gasteiger partial charge >= 0.3 is 0 Å². The first-order chi connectivity index (χ1) is 8.20. The lowest BCUT2D eigenvalue weighted by molar-refractivity contribution is 0.0957. The number of benzene rings is 1. The average Bonchev–Trinajstić information content (AvgIpc) is 2.39. The van der Waals surface area contributed by atoms with E-state index in [-0.39, 0.29) is 5.56 Å². The van der Waals surface area contributed by atoms with Crippen LogP contribution in [-0.2, 0) is 0 Å². The predicted molar refractivity (Wildman–Crippen MR) is 61.9 cm³/mol. The van der Waals surface area contributed by atoms with Crippen molar-refractivity contribution in [3.8, 4) is 0 Å². The number of pyridine rings is 1. The molecule has 0 fully saturated rings. The van der Waals surface area contributed by atoms with Crippen LogP contribution >= 0.6 is 0 Å². The van der Waals surface area contributed by atoms with Crippen LogP contribution in [0.4, 0.5) is 4.39 Å². The molecule has 1 unspecified atom stereocenters. The van der Waals surface area contributed by atoms with Gasteiger partial charge in [-0.2, -0.15) is 0 Å². The van der Waals surface area contributed by atoms with Gasteiger partial charge in [0, 0.05) is 6.20 Å². The maximum atomic E-state index is 13.4. The van der Waals surface area contributed by atoms with Crippen molar-refractivity contribution in [1.82, 2.24) is 4.98 Å². The number of halogens is 1. The molecule has 0 saturated heterocycles. The number of nitrogens with two attached hydrogens (primary N) is 1. The molecule has 0 aliphatic rings. The molecule has 4 heteroatoms. The molecule has 0 aliphatic carbocycles. The Balaban J connectivity index is 2.30. The smallest absolute Gasteiger partial charge is 0.187 e. The highest BCUT2D eigenvalue weighted by atomic mass is 19.1. The molecule has 2 aromatic rings. The van der Waals surface area contributed by atoms with Gasteiger partial charge < -0.3 is 5.73 Å². The second-order valence-corrected chi connectivity index (χ2v) is 3.61. The summed E-state index contributed by atoms with van der Waals surface area (Å²) in [5.74, 6) is -1.10. The van der Waals surface area contributed by atoms with Crippen LogP contribution in [0.2, 0.25) is 0 Å². The van der Waals surface area contributed by atoms with Gasteiger partial charge in [-0.05, 0) is 11.6 Å². The van der Waals surface area contributed by atoms with E-state index in [0.717, 1.165) is 6.20 Å². The number of ketones is 1. The monoisotopic (exact) mass is 230 g/mol. The van der Waals surface area contributed by atoms with Crippen molar-refractivity contribution in [3.05, 3.63) is 65.7 Å². The van der Waals surface area contributed by atoms with Gasteiger partial charge in [-0.25, -0.2) is 4.39 Å². The Kier molecular flexibility index (Phi) is 3.25. The Labute approximate surface area is 98.1 Å². The van der Waals surface area contributed by atoms with Crippen molar-refractivity contribution in [1.29, 1.82) is 0 Å². The highest BCUT2D eigenvalue weighted by molar-refractivity contribution is 6.00. The number of nitrogens with zero attached hydrogens (tertiary/aromatic N) is 1. The van der Waals surface area contributed by atoms with E-state index in [9.17, 15) is 9.18 Å². The van der Waals surface area contributed by atoms with Gasteiger partial charge in [0.2, 0.25) is 0 Å². The van der Waals surface area contributed by atoms with Gasteiger partial charge in [-0.15, -0.1) is 0 Å². The lowest BCUT2D eigenvalue weighted by Gasteiger charge is -2.11. The first-order valence-electron chi connectivity index (χ1n) is 5.14. The van der Waals surface area contributed by atoms with Crippen molar-refractivity contribution in [2.75, 3.05) is 0 Å². The van der Waals surface area contributed by atoms with Gasteiger partial charge in [0.15, 0.2) is 11.6 Å². The zero-order valence-corrected chi connectivity index (χ0v) is 9.01. The van der Waals surface area contributed by atoms with Crippen molar-refractivity contribution < 1.29 is 9.18 Å². The summed E-state index contributed by atoms with van der Waals surface area (Å²) in [5.41, 5.74) is 6.43. The van der Waals surface area contributed by atoms with E-state index >= 15 is 0 Å². The second kappa shape index (κ2) is 4.84. The average molecular weight is 230 g/mol. The van der Waals surface area contributed by atoms with E-state index in [1.54, 1.807) is 24.3 Å². The summed E-state index contributed by atoms with van der Waals surface area (Å²) in [5, 5.41) is 0. The van der Waals surface area contributed by atoms with Crippen LogP contribution < -0.4 is 5.73 Å². The molecule has 1 atom stereocenters. The Morgan fingerprint density at radius 2 is 1.94 bits per heavy atom. The van der Waals surface area contributed by atoms with Crippen molar-refractivity contribution in [2.45, 2.75) is 6.04 Å². The van der Waals surface area contributed by atoms with Gasteiger partial charge in [0.05, 0.1) is 17.8 Å². The number of Topliss-reactive ketones (excluding diaryl/α,β-unsaturated/α-hetero) is 1. The lowest BCUT2D eigenvalue weighted by Crippen LogP contribution is -2.22. The van der Waals surface area contributed by atoms with Crippen LogP contribution in [0.1, 0.15) is 22.0 Å². The summed E-state index contributed by atoms with van der Waals surface area (Å²) >= 11 is 0. The normalized spacial score (nSPS) is 12.1. The third kappa shape index (κ3) is 2.37. The zero-order chi connectivity index (χ0) is 12.3. The molecule has 0 spiro atoms. The van der Waals surface area contributed by atoms with Crippen molar-refractivity contribution in [3.63, 3.8) is 0 Å². The molecule has 2 rings (SSSR count). The molecule has 17 heavy (non-hydrogen) atoms. The van der Waals surface area contributed by atoms with Crippen LogP contribution in [0.5, 0.6) is 0 Å². The number of carbonyl (C=O) groups is 1. The van der Waals surface area contributed by atoms with E-state index in [2.05, 4.69) is 4.98 Å². The van der Waals surface area contributed by atoms with Crippen LogP contribution in [0, 0.1) is 5.82 Å². The highest BCUT2D eigenvalue weighted by Gasteiger charge is 2.20. The fourth-order valence-electron chi connectivity index (χ4n) is 1.55. The number of aromatic nitrogens is 1. The van der Waals surface area contributed by atoms with Crippen LogP contribution in [0.3, 0.4) is 0 Å². The largest absolute Gasteiger partial charge is 0.318 e. The molecule has 2 N–H and O–H groups in total. The number of hydrogen-bond donors (Lipinski definition) is 1. The summed E-state index contributed by atoms with van der Waals surface area (Å²) in [6.45, 7) is 0. The number of carbonyl (C=O) groups excluding carboxylic acids is 1. The molecule has 86 valence electrons. The minimum atomic E-state index is -0.854. The number of hydrogen-bond acceptors (Lipinski definition) is 3. The second-order valence-electron chi connectivity index (χ2n) is 3.61. The minimum Gasteiger partial charge on any atom is -0.318 e. The SMILES string of the molecule is NC(C(=O)c1ccncc1F)c1ccccc1. The maximum Gasteiger partial charge on any atom is 0.187 e.